The van der Waals surface area contributed by atoms with Crippen LogP contribution in [0.4, 0.5) is 14.6 Å². The van der Waals surface area contributed by atoms with E-state index < -0.39 is 19.1 Å². The second kappa shape index (κ2) is 4.61. The van der Waals surface area contributed by atoms with Gasteiger partial charge in [0.25, 0.3) is 5.92 Å². The zero-order chi connectivity index (χ0) is 11.3. The van der Waals surface area contributed by atoms with Crippen LogP contribution in [0.25, 0.3) is 0 Å². The lowest BCUT2D eigenvalue weighted by atomic mass is 10.3. The molecule has 1 heterocycles. The summed E-state index contributed by atoms with van der Waals surface area (Å²) in [6.45, 7) is -1.96. The fraction of sp³-hybridized carbons (Fsp3) is 0.375. The molecule has 0 aliphatic rings. The van der Waals surface area contributed by atoms with E-state index in [2.05, 4.69) is 15.3 Å². The largest absolute Gasteiger partial charge is 0.390 e. The third kappa shape index (κ3) is 3.44. The number of nitrogens with zero attached hydrogens (tertiary/aromatic N) is 3. The van der Waals surface area contributed by atoms with E-state index in [-0.39, 0.29) is 11.5 Å². The van der Waals surface area contributed by atoms with E-state index >= 15 is 0 Å². The molecule has 0 amide bonds. The van der Waals surface area contributed by atoms with Gasteiger partial charge in [0.05, 0.1) is 18.9 Å². The quantitative estimate of drug-likeness (QED) is 0.757. The number of aliphatic hydroxyl groups excluding tert-OH is 1. The van der Waals surface area contributed by atoms with Crippen LogP contribution in [0, 0.1) is 11.3 Å². The molecule has 0 aliphatic carbocycles. The number of halogens is 2. The molecule has 0 bridgehead atoms. The molecule has 80 valence electrons. The number of rotatable bonds is 4. The summed E-state index contributed by atoms with van der Waals surface area (Å²) in [5, 5.41) is 19.0. The molecule has 0 spiro atoms. The van der Waals surface area contributed by atoms with Crippen LogP contribution in [0.3, 0.4) is 0 Å². The lowest BCUT2D eigenvalue weighted by molar-refractivity contribution is -0.0373. The Hall–Kier alpha value is -1.81. The van der Waals surface area contributed by atoms with E-state index in [9.17, 15) is 8.78 Å². The number of alkyl halides is 2. The van der Waals surface area contributed by atoms with Gasteiger partial charge in [-0.15, -0.1) is 0 Å². The second-order valence-electron chi connectivity index (χ2n) is 2.77. The predicted octanol–water partition coefficient (Wildman–Crippen LogP) is 0.388. The van der Waals surface area contributed by atoms with Gasteiger partial charge in [-0.05, 0) is 0 Å². The molecule has 0 aromatic carbocycles. The average molecular weight is 214 g/mol. The van der Waals surface area contributed by atoms with Gasteiger partial charge in [-0.25, -0.2) is 18.7 Å². The Morgan fingerprint density at radius 1 is 1.47 bits per heavy atom. The van der Waals surface area contributed by atoms with Gasteiger partial charge in [0.1, 0.15) is 18.5 Å². The van der Waals surface area contributed by atoms with Gasteiger partial charge in [0.15, 0.2) is 5.69 Å². The number of anilines is 1. The second-order valence-corrected chi connectivity index (χ2v) is 2.77. The number of aliphatic hydroxyl groups is 1. The minimum Gasteiger partial charge on any atom is -0.390 e. The molecule has 2 N–H and O–H groups in total. The molecule has 7 heteroatoms. The molecule has 15 heavy (non-hydrogen) atoms. The van der Waals surface area contributed by atoms with Crippen LogP contribution in [-0.2, 0) is 0 Å². The molecule has 5 nitrogen and oxygen atoms in total. The van der Waals surface area contributed by atoms with Crippen LogP contribution in [0.15, 0.2) is 12.4 Å². The molecule has 0 fully saturated rings. The first-order chi connectivity index (χ1) is 7.07. The summed E-state index contributed by atoms with van der Waals surface area (Å²) < 4.78 is 25.1. The number of aromatic nitrogens is 2. The van der Waals surface area contributed by atoms with E-state index in [4.69, 9.17) is 10.4 Å². The third-order valence-corrected chi connectivity index (χ3v) is 1.53. The molecule has 0 saturated heterocycles. The van der Waals surface area contributed by atoms with Gasteiger partial charge in [0, 0.05) is 0 Å². The maximum atomic E-state index is 12.6. The minimum atomic E-state index is -3.20. The lowest BCUT2D eigenvalue weighted by Gasteiger charge is -2.13. The highest BCUT2D eigenvalue weighted by Crippen LogP contribution is 2.12. The molecule has 0 atom stereocenters. The summed E-state index contributed by atoms with van der Waals surface area (Å²) >= 11 is 0. The zero-order valence-electron chi connectivity index (χ0n) is 7.61. The van der Waals surface area contributed by atoms with Crippen LogP contribution in [0.2, 0.25) is 0 Å². The standard InChI is InChI=1S/C8H8F2N4O/c9-8(10,5-15)4-14-7-3-12-6(1-11)2-13-7/h2-3,15H,4-5H2,(H,13,14). The van der Waals surface area contributed by atoms with Crippen LogP contribution < -0.4 is 5.32 Å². The smallest absolute Gasteiger partial charge is 0.287 e. The van der Waals surface area contributed by atoms with Gasteiger partial charge in [-0.2, -0.15) is 5.26 Å². The SMILES string of the molecule is N#Cc1cnc(NCC(F)(F)CO)cn1. The topological polar surface area (TPSA) is 81.8 Å². The Kier molecular flexibility index (Phi) is 3.46. The summed E-state index contributed by atoms with van der Waals surface area (Å²) in [5.74, 6) is -3.07. The molecule has 0 unspecified atom stereocenters. The molecule has 1 aromatic heterocycles. The molecular formula is C8H8F2N4O. The van der Waals surface area contributed by atoms with Crippen molar-refractivity contribution in [1.82, 2.24) is 9.97 Å². The van der Waals surface area contributed by atoms with Crippen molar-refractivity contribution >= 4 is 5.82 Å². The molecule has 0 radical (unpaired) electrons. The van der Waals surface area contributed by atoms with E-state index in [1.54, 1.807) is 6.07 Å². The summed E-state index contributed by atoms with van der Waals surface area (Å²) in [6, 6.07) is 1.75. The van der Waals surface area contributed by atoms with Crippen molar-refractivity contribution in [2.24, 2.45) is 0 Å². The van der Waals surface area contributed by atoms with Gasteiger partial charge >= 0.3 is 0 Å². The molecule has 0 aliphatic heterocycles. The molecule has 1 aromatic rings. The van der Waals surface area contributed by atoms with Gasteiger partial charge < -0.3 is 10.4 Å². The lowest BCUT2D eigenvalue weighted by Crippen LogP contribution is -2.31. The number of nitriles is 1. The Bertz CT molecular complexity index is 360. The van der Waals surface area contributed by atoms with Crippen molar-refractivity contribution in [3.63, 3.8) is 0 Å². The van der Waals surface area contributed by atoms with Crippen molar-refractivity contribution < 1.29 is 13.9 Å². The molecular weight excluding hydrogens is 206 g/mol. The maximum Gasteiger partial charge on any atom is 0.287 e. The summed E-state index contributed by atoms with van der Waals surface area (Å²) in [6.07, 6.45) is 2.34. The molecule has 0 saturated carbocycles. The number of hydrogen-bond donors (Lipinski definition) is 2. The highest BCUT2D eigenvalue weighted by molar-refractivity contribution is 5.33. The Morgan fingerprint density at radius 3 is 2.67 bits per heavy atom. The first kappa shape index (κ1) is 11.3. The van der Waals surface area contributed by atoms with Gasteiger partial charge in [-0.1, -0.05) is 0 Å². The minimum absolute atomic E-state index is 0.106. The zero-order valence-corrected chi connectivity index (χ0v) is 7.61. The fourth-order valence-corrected chi connectivity index (χ4v) is 0.753. The van der Waals surface area contributed by atoms with Crippen molar-refractivity contribution in [2.45, 2.75) is 5.92 Å². The Morgan fingerprint density at radius 2 is 2.20 bits per heavy atom. The maximum absolute atomic E-state index is 12.6. The van der Waals surface area contributed by atoms with Crippen molar-refractivity contribution in [3.8, 4) is 6.07 Å². The number of hydrogen-bond acceptors (Lipinski definition) is 5. The monoisotopic (exact) mass is 214 g/mol. The van der Waals surface area contributed by atoms with Crippen LogP contribution >= 0.6 is 0 Å². The van der Waals surface area contributed by atoms with Crippen LogP contribution in [-0.4, -0.2) is 34.1 Å². The van der Waals surface area contributed by atoms with Crippen molar-refractivity contribution in [2.75, 3.05) is 18.5 Å². The first-order valence-electron chi connectivity index (χ1n) is 4.02. The number of nitrogens with one attached hydrogen (secondary N) is 1. The van der Waals surface area contributed by atoms with Crippen molar-refractivity contribution in [1.29, 1.82) is 5.26 Å². The van der Waals surface area contributed by atoms with E-state index in [0.29, 0.717) is 0 Å². The van der Waals surface area contributed by atoms with Gasteiger partial charge in [0.2, 0.25) is 0 Å². The Labute approximate surface area is 84.4 Å². The molecule has 1 rings (SSSR count). The summed E-state index contributed by atoms with van der Waals surface area (Å²) in [5.41, 5.74) is 0.106. The normalized spacial score (nSPS) is 10.8. The van der Waals surface area contributed by atoms with Crippen LogP contribution in [0.5, 0.6) is 0 Å². The average Bonchev–Trinajstić information content (AvgIpc) is 2.27. The first-order valence-corrected chi connectivity index (χ1v) is 4.02. The van der Waals surface area contributed by atoms with Crippen LogP contribution in [0.1, 0.15) is 5.69 Å². The van der Waals surface area contributed by atoms with E-state index in [0.717, 1.165) is 0 Å². The van der Waals surface area contributed by atoms with Crippen molar-refractivity contribution in [3.05, 3.63) is 18.1 Å². The Balaban J connectivity index is 2.56. The highest BCUT2D eigenvalue weighted by atomic mass is 19.3. The fourth-order valence-electron chi connectivity index (χ4n) is 0.753. The predicted molar refractivity (Wildman–Crippen MR) is 47.3 cm³/mol. The highest BCUT2D eigenvalue weighted by Gasteiger charge is 2.27. The summed E-state index contributed by atoms with van der Waals surface area (Å²) in [7, 11) is 0. The van der Waals surface area contributed by atoms with E-state index in [1.165, 1.54) is 12.4 Å². The van der Waals surface area contributed by atoms with Gasteiger partial charge in [-0.3, -0.25) is 0 Å². The third-order valence-electron chi connectivity index (χ3n) is 1.53. The van der Waals surface area contributed by atoms with E-state index in [1.807, 2.05) is 0 Å². The summed E-state index contributed by atoms with van der Waals surface area (Å²) in [4.78, 5) is 7.31.